The molecule has 1 aliphatic carbocycles. The zero-order valence-corrected chi connectivity index (χ0v) is 14.3. The van der Waals surface area contributed by atoms with Gasteiger partial charge in [-0.2, -0.15) is 0 Å². The van der Waals surface area contributed by atoms with E-state index in [-0.39, 0.29) is 5.82 Å². The molecule has 1 nitrogen and oxygen atoms in total. The van der Waals surface area contributed by atoms with Crippen LogP contribution in [0.4, 0.5) is 4.39 Å². The highest BCUT2D eigenvalue weighted by atomic mass is 32.2. The van der Waals surface area contributed by atoms with Crippen molar-refractivity contribution in [3.8, 4) is 0 Å². The maximum absolute atomic E-state index is 13.9. The molecular weight excluding hydrogens is 281 g/mol. The monoisotopic (exact) mass is 309 g/mol. The Balaban J connectivity index is 2.12. The van der Waals surface area contributed by atoms with E-state index in [1.54, 1.807) is 23.9 Å². The minimum atomic E-state index is -0.102. The van der Waals surface area contributed by atoms with E-state index in [2.05, 4.69) is 20.8 Å². The third-order valence-electron chi connectivity index (χ3n) is 5.36. The van der Waals surface area contributed by atoms with Gasteiger partial charge >= 0.3 is 0 Å². The van der Waals surface area contributed by atoms with Gasteiger partial charge in [0.1, 0.15) is 5.82 Å². The first kappa shape index (κ1) is 16.8. The summed E-state index contributed by atoms with van der Waals surface area (Å²) in [5.74, 6) is 1.13. The second-order valence-electron chi connectivity index (χ2n) is 6.93. The third kappa shape index (κ3) is 4.01. The van der Waals surface area contributed by atoms with Gasteiger partial charge in [0.05, 0.1) is 0 Å². The molecule has 1 aliphatic rings. The van der Waals surface area contributed by atoms with Crippen LogP contribution in [-0.2, 0) is 0 Å². The van der Waals surface area contributed by atoms with Crippen molar-refractivity contribution in [2.24, 2.45) is 23.0 Å². The van der Waals surface area contributed by atoms with E-state index in [9.17, 15) is 4.39 Å². The smallest absolute Gasteiger partial charge is 0.136 e. The second kappa shape index (κ2) is 7.15. The number of rotatable bonds is 5. The van der Waals surface area contributed by atoms with Crippen LogP contribution >= 0.6 is 11.8 Å². The fraction of sp³-hybridized carbons (Fsp3) is 0.667. The van der Waals surface area contributed by atoms with E-state index in [4.69, 9.17) is 5.73 Å². The van der Waals surface area contributed by atoms with Crippen LogP contribution in [-0.4, -0.2) is 11.8 Å². The average Bonchev–Trinajstić information content (AvgIpc) is 2.49. The number of halogens is 1. The highest BCUT2D eigenvalue weighted by molar-refractivity contribution is 8.00. The standard InChI is InChI=1S/C18H28FNS/c1-4-18(2,3)14-10-9-13(12-20)17(11-14)21-16-8-6-5-7-15(16)19/h5-8,13-14,17H,4,9-12,20H2,1-3H3. The van der Waals surface area contributed by atoms with Crippen molar-refractivity contribution in [2.75, 3.05) is 6.54 Å². The lowest BCUT2D eigenvalue weighted by Gasteiger charge is -2.42. The van der Waals surface area contributed by atoms with E-state index in [0.29, 0.717) is 23.1 Å². The van der Waals surface area contributed by atoms with Gasteiger partial charge in [-0.1, -0.05) is 39.3 Å². The number of nitrogens with two attached hydrogens (primary N) is 1. The van der Waals surface area contributed by atoms with Crippen LogP contribution in [0.1, 0.15) is 46.5 Å². The molecule has 1 aromatic rings. The van der Waals surface area contributed by atoms with E-state index < -0.39 is 0 Å². The summed E-state index contributed by atoms with van der Waals surface area (Å²) in [6, 6.07) is 7.11. The molecule has 0 saturated heterocycles. The highest BCUT2D eigenvalue weighted by Gasteiger charge is 2.37. The Bertz CT molecular complexity index is 460. The van der Waals surface area contributed by atoms with Crippen molar-refractivity contribution < 1.29 is 4.39 Å². The Morgan fingerprint density at radius 3 is 2.62 bits per heavy atom. The predicted molar refractivity (Wildman–Crippen MR) is 90.0 cm³/mol. The van der Waals surface area contributed by atoms with E-state index in [1.807, 2.05) is 12.1 Å². The molecule has 118 valence electrons. The van der Waals surface area contributed by atoms with E-state index in [0.717, 1.165) is 17.2 Å². The summed E-state index contributed by atoms with van der Waals surface area (Å²) in [4.78, 5) is 0.774. The Morgan fingerprint density at radius 2 is 2.00 bits per heavy atom. The van der Waals surface area contributed by atoms with Gasteiger partial charge in [-0.25, -0.2) is 4.39 Å². The Morgan fingerprint density at radius 1 is 1.29 bits per heavy atom. The van der Waals surface area contributed by atoms with Gasteiger partial charge in [0, 0.05) is 10.1 Å². The molecule has 1 saturated carbocycles. The van der Waals surface area contributed by atoms with Gasteiger partial charge in [-0.15, -0.1) is 11.8 Å². The largest absolute Gasteiger partial charge is 0.330 e. The van der Waals surface area contributed by atoms with Gasteiger partial charge in [0.25, 0.3) is 0 Å². The second-order valence-corrected chi connectivity index (χ2v) is 8.22. The van der Waals surface area contributed by atoms with Gasteiger partial charge < -0.3 is 5.73 Å². The maximum Gasteiger partial charge on any atom is 0.136 e. The molecular formula is C18H28FNS. The van der Waals surface area contributed by atoms with Crippen LogP contribution in [0.5, 0.6) is 0 Å². The number of hydrogen-bond donors (Lipinski definition) is 1. The fourth-order valence-corrected chi connectivity index (χ4v) is 4.74. The molecule has 0 amide bonds. The molecule has 1 fully saturated rings. The van der Waals surface area contributed by atoms with Crippen molar-refractivity contribution in [1.82, 2.24) is 0 Å². The molecule has 2 rings (SSSR count). The molecule has 3 unspecified atom stereocenters. The fourth-order valence-electron chi connectivity index (χ4n) is 3.31. The molecule has 21 heavy (non-hydrogen) atoms. The van der Waals surface area contributed by atoms with Crippen LogP contribution < -0.4 is 5.73 Å². The highest BCUT2D eigenvalue weighted by Crippen LogP contribution is 2.47. The van der Waals surface area contributed by atoms with Crippen molar-refractivity contribution in [1.29, 1.82) is 0 Å². The number of thioether (sulfide) groups is 1. The van der Waals surface area contributed by atoms with Crippen molar-refractivity contribution in [3.05, 3.63) is 30.1 Å². The van der Waals surface area contributed by atoms with Crippen LogP contribution in [0.2, 0.25) is 0 Å². The lowest BCUT2D eigenvalue weighted by atomic mass is 9.67. The van der Waals surface area contributed by atoms with Crippen molar-refractivity contribution in [3.63, 3.8) is 0 Å². The first-order valence-electron chi connectivity index (χ1n) is 8.09. The lowest BCUT2D eigenvalue weighted by molar-refractivity contribution is 0.134. The number of benzene rings is 1. The molecule has 3 heteroatoms. The zero-order chi connectivity index (χ0) is 15.5. The summed E-state index contributed by atoms with van der Waals surface area (Å²) in [6.07, 6.45) is 4.79. The van der Waals surface area contributed by atoms with Gasteiger partial charge in [0.2, 0.25) is 0 Å². The lowest BCUT2D eigenvalue weighted by Crippen LogP contribution is -2.37. The predicted octanol–water partition coefficient (Wildman–Crippen LogP) is 5.10. The summed E-state index contributed by atoms with van der Waals surface area (Å²) < 4.78 is 13.9. The molecule has 0 radical (unpaired) electrons. The van der Waals surface area contributed by atoms with Crippen molar-refractivity contribution in [2.45, 2.75) is 56.6 Å². The van der Waals surface area contributed by atoms with Crippen LogP contribution in [0, 0.1) is 23.1 Å². The summed E-state index contributed by atoms with van der Waals surface area (Å²) in [5, 5.41) is 0.441. The SMILES string of the molecule is CCC(C)(C)C1CCC(CN)C(Sc2ccccc2F)C1. The summed E-state index contributed by atoms with van der Waals surface area (Å²) >= 11 is 1.70. The van der Waals surface area contributed by atoms with Crippen LogP contribution in [0.25, 0.3) is 0 Å². The first-order valence-corrected chi connectivity index (χ1v) is 8.97. The summed E-state index contributed by atoms with van der Waals surface area (Å²) in [6.45, 7) is 7.72. The zero-order valence-electron chi connectivity index (χ0n) is 13.4. The summed E-state index contributed by atoms with van der Waals surface area (Å²) in [7, 11) is 0. The average molecular weight is 309 g/mol. The Kier molecular flexibility index (Phi) is 5.73. The quantitative estimate of drug-likeness (QED) is 0.819. The molecule has 0 aliphatic heterocycles. The molecule has 0 bridgehead atoms. The third-order valence-corrected chi connectivity index (χ3v) is 6.83. The molecule has 1 aromatic carbocycles. The van der Waals surface area contributed by atoms with Gasteiger partial charge in [-0.05, 0) is 55.2 Å². The van der Waals surface area contributed by atoms with E-state index >= 15 is 0 Å². The maximum atomic E-state index is 13.9. The van der Waals surface area contributed by atoms with Crippen LogP contribution in [0.15, 0.2) is 29.2 Å². The minimum absolute atomic E-state index is 0.102. The summed E-state index contributed by atoms with van der Waals surface area (Å²) in [5.41, 5.74) is 6.33. The van der Waals surface area contributed by atoms with Gasteiger partial charge in [-0.3, -0.25) is 0 Å². The number of hydrogen-bond acceptors (Lipinski definition) is 2. The van der Waals surface area contributed by atoms with E-state index in [1.165, 1.54) is 19.3 Å². The normalized spacial score (nSPS) is 26.8. The van der Waals surface area contributed by atoms with Crippen LogP contribution in [0.3, 0.4) is 0 Å². The molecule has 0 heterocycles. The Labute approximate surface area is 132 Å². The molecule has 3 atom stereocenters. The molecule has 0 spiro atoms. The molecule has 0 aromatic heterocycles. The first-order chi connectivity index (χ1) is 9.97. The molecule has 2 N–H and O–H groups in total. The Hall–Kier alpha value is -0.540. The van der Waals surface area contributed by atoms with Crippen molar-refractivity contribution >= 4 is 11.8 Å². The minimum Gasteiger partial charge on any atom is -0.330 e. The van der Waals surface area contributed by atoms with Gasteiger partial charge in [0.15, 0.2) is 0 Å². The topological polar surface area (TPSA) is 26.0 Å².